The van der Waals surface area contributed by atoms with Crippen LogP contribution in [0.25, 0.3) is 0 Å². The average Bonchev–Trinajstić information content (AvgIpc) is 2.26. The van der Waals surface area contributed by atoms with Crippen LogP contribution in [0, 0.1) is 11.8 Å². The van der Waals surface area contributed by atoms with Crippen molar-refractivity contribution in [1.82, 2.24) is 0 Å². The van der Waals surface area contributed by atoms with Gasteiger partial charge in [0.15, 0.2) is 0 Å². The van der Waals surface area contributed by atoms with Crippen molar-refractivity contribution in [2.45, 2.75) is 12.8 Å². The molecule has 0 radical (unpaired) electrons. The van der Waals surface area contributed by atoms with Crippen molar-refractivity contribution in [2.24, 2.45) is 11.8 Å². The predicted octanol–water partition coefficient (Wildman–Crippen LogP) is 1.58. The first-order chi connectivity index (χ1) is 3.39. The minimum absolute atomic E-state index is 0.282. The highest BCUT2D eigenvalue weighted by molar-refractivity contribution is 5.11. The summed E-state index contributed by atoms with van der Waals surface area (Å²) in [5.41, 5.74) is 0. The Kier molecular flexibility index (Phi) is 0.251. The van der Waals surface area contributed by atoms with E-state index in [1.54, 1.807) is 0 Å². The van der Waals surface area contributed by atoms with Crippen LogP contribution >= 0.6 is 0 Å². The van der Waals surface area contributed by atoms with E-state index in [1.807, 2.05) is 0 Å². The van der Waals surface area contributed by atoms with Crippen molar-refractivity contribution in [1.29, 1.82) is 0 Å². The van der Waals surface area contributed by atoms with Gasteiger partial charge in [0.25, 0.3) is 0 Å². The highest BCUT2D eigenvalue weighted by atomic mass is 14.4. The molecule has 0 heterocycles. The lowest BCUT2D eigenvalue weighted by atomic mass is 10.3. The molecule has 0 saturated heterocycles. The zero-order valence-corrected chi connectivity index (χ0v) is 3.59. The van der Waals surface area contributed by atoms with Crippen molar-refractivity contribution in [3.8, 4) is 0 Å². The van der Waals surface area contributed by atoms with E-state index in [0.29, 0.717) is 5.92 Å². The first-order valence-electron chi connectivity index (χ1n) is 3.06. The van der Waals surface area contributed by atoms with E-state index in [2.05, 4.69) is 12.2 Å². The Morgan fingerprint density at radius 3 is 3.17 bits per heavy atom. The molecule has 1 fully saturated rings. The molecule has 1 saturated carbocycles. The van der Waals surface area contributed by atoms with E-state index >= 15 is 0 Å². The molecule has 2 rings (SSSR count). The summed E-state index contributed by atoms with van der Waals surface area (Å²) in [5.74, 6) is 1.40. The smallest absolute Gasteiger partial charge is 0.0276 e. The Morgan fingerprint density at radius 1 is 1.83 bits per heavy atom. The number of hydrogen-bond donors (Lipinski definition) is 0. The SMILES string of the molecule is [2H][C@H]1[C@H]2C=CC[C@@H]12. The van der Waals surface area contributed by atoms with Gasteiger partial charge in [-0.15, -0.1) is 0 Å². The molecule has 0 unspecified atom stereocenters. The lowest BCUT2D eigenvalue weighted by molar-refractivity contribution is 0.855. The molecule has 0 heteroatoms. The van der Waals surface area contributed by atoms with Crippen LogP contribution in [0.1, 0.15) is 14.2 Å². The molecule has 2 aliphatic carbocycles. The summed E-state index contributed by atoms with van der Waals surface area (Å²) < 4.78 is 7.26. The molecule has 3 atom stereocenters. The lowest BCUT2D eigenvalue weighted by Crippen LogP contribution is -1.61. The summed E-state index contributed by atoms with van der Waals surface area (Å²) in [4.78, 5) is 0. The Morgan fingerprint density at radius 2 is 2.83 bits per heavy atom. The second-order valence-electron chi connectivity index (χ2n) is 2.10. The normalized spacial score (nSPS) is 64.0. The molecule has 0 aromatic heterocycles. The summed E-state index contributed by atoms with van der Waals surface area (Å²) in [7, 11) is 0. The van der Waals surface area contributed by atoms with Gasteiger partial charge in [-0.3, -0.25) is 0 Å². The molecule has 0 aromatic carbocycles. The zero-order chi connectivity index (χ0) is 4.85. The van der Waals surface area contributed by atoms with Gasteiger partial charge in [0.1, 0.15) is 0 Å². The van der Waals surface area contributed by atoms with Crippen molar-refractivity contribution < 1.29 is 1.37 Å². The van der Waals surface area contributed by atoms with Crippen LogP contribution in [0.5, 0.6) is 0 Å². The molecule has 32 valence electrons. The summed E-state index contributed by atoms with van der Waals surface area (Å²) in [6, 6.07) is 0. The molecule has 2 aliphatic rings. The maximum Gasteiger partial charge on any atom is 0.0276 e. The number of allylic oxidation sites excluding steroid dienone is 2. The minimum Gasteiger partial charge on any atom is -0.0880 e. The predicted molar refractivity (Wildman–Crippen MR) is 25.4 cm³/mol. The molecule has 0 aromatic rings. The van der Waals surface area contributed by atoms with Crippen LogP contribution in [-0.4, -0.2) is 0 Å². The van der Waals surface area contributed by atoms with Crippen LogP contribution in [0.4, 0.5) is 0 Å². The van der Waals surface area contributed by atoms with Gasteiger partial charge in [0.05, 0.1) is 0 Å². The first-order valence-corrected chi connectivity index (χ1v) is 2.48. The largest absolute Gasteiger partial charge is 0.0880 e. The molecule has 0 spiro atoms. The minimum atomic E-state index is 0.282. The highest BCUT2D eigenvalue weighted by Crippen LogP contribution is 2.46. The van der Waals surface area contributed by atoms with Crippen LogP contribution < -0.4 is 0 Å². The van der Waals surface area contributed by atoms with Gasteiger partial charge in [-0.2, -0.15) is 0 Å². The van der Waals surface area contributed by atoms with E-state index in [1.165, 1.54) is 6.42 Å². The fourth-order valence-corrected chi connectivity index (χ4v) is 1.06. The third-order valence-corrected chi connectivity index (χ3v) is 1.59. The van der Waals surface area contributed by atoms with Crippen molar-refractivity contribution >= 4 is 0 Å². The number of rotatable bonds is 0. The fraction of sp³-hybridized carbons (Fsp3) is 0.667. The Hall–Kier alpha value is -0.260. The van der Waals surface area contributed by atoms with Crippen LogP contribution in [-0.2, 0) is 0 Å². The van der Waals surface area contributed by atoms with Crippen LogP contribution in [0.2, 0.25) is 0 Å². The van der Waals surface area contributed by atoms with Crippen molar-refractivity contribution in [3.63, 3.8) is 0 Å². The van der Waals surface area contributed by atoms with Gasteiger partial charge in [0, 0.05) is 1.37 Å². The highest BCUT2D eigenvalue weighted by Gasteiger charge is 2.36. The maximum absolute atomic E-state index is 7.26. The van der Waals surface area contributed by atoms with Gasteiger partial charge < -0.3 is 0 Å². The van der Waals surface area contributed by atoms with Gasteiger partial charge in [0.2, 0.25) is 0 Å². The number of hydrogen-bond acceptors (Lipinski definition) is 0. The Labute approximate surface area is 39.3 Å². The van der Waals surface area contributed by atoms with Crippen LogP contribution in [0.3, 0.4) is 0 Å². The molecule has 0 bridgehead atoms. The molecule has 6 heavy (non-hydrogen) atoms. The van der Waals surface area contributed by atoms with Gasteiger partial charge in [-0.25, -0.2) is 0 Å². The molecular formula is C6H8. The topological polar surface area (TPSA) is 0 Å². The van der Waals surface area contributed by atoms with Gasteiger partial charge >= 0.3 is 0 Å². The second kappa shape index (κ2) is 0.699. The maximum atomic E-state index is 7.26. The summed E-state index contributed by atoms with van der Waals surface area (Å²) in [6.07, 6.45) is 5.84. The van der Waals surface area contributed by atoms with E-state index in [4.69, 9.17) is 1.37 Å². The van der Waals surface area contributed by atoms with Gasteiger partial charge in [-0.1, -0.05) is 12.2 Å². The molecule has 0 aliphatic heterocycles. The zero-order valence-electron chi connectivity index (χ0n) is 4.59. The lowest BCUT2D eigenvalue weighted by Gasteiger charge is -1.72. The summed E-state index contributed by atoms with van der Waals surface area (Å²) in [5, 5.41) is 0. The monoisotopic (exact) mass is 81.1 g/mol. The van der Waals surface area contributed by atoms with Gasteiger partial charge in [-0.05, 0) is 24.7 Å². The average molecular weight is 81.1 g/mol. The number of fused-ring (bicyclic) bond motifs is 1. The standard InChI is InChI=1S/C6H8/c1-2-5-4-6(5)3-1/h1-2,5-6H,3-4H2/t5-,6+/m1/s1/i4D/t4-,5+,6-/m0. The molecule has 0 N–H and O–H groups in total. The summed E-state index contributed by atoms with van der Waals surface area (Å²) >= 11 is 0. The first kappa shape index (κ1) is 2.15. The third-order valence-electron chi connectivity index (χ3n) is 1.59. The van der Waals surface area contributed by atoms with E-state index in [9.17, 15) is 0 Å². The second-order valence-corrected chi connectivity index (χ2v) is 2.10. The van der Waals surface area contributed by atoms with Crippen molar-refractivity contribution in [3.05, 3.63) is 12.2 Å². The van der Waals surface area contributed by atoms with Crippen molar-refractivity contribution in [2.75, 3.05) is 0 Å². The summed E-state index contributed by atoms with van der Waals surface area (Å²) in [6.45, 7) is 0. The Bertz CT molecular complexity index is 117. The molecule has 0 amide bonds. The van der Waals surface area contributed by atoms with E-state index in [0.717, 1.165) is 5.92 Å². The third kappa shape index (κ3) is 0.204. The fourth-order valence-electron chi connectivity index (χ4n) is 1.06. The van der Waals surface area contributed by atoms with Crippen LogP contribution in [0.15, 0.2) is 12.2 Å². The molecular weight excluding hydrogens is 72.1 g/mol. The van der Waals surface area contributed by atoms with E-state index < -0.39 is 0 Å². The van der Waals surface area contributed by atoms with E-state index in [-0.39, 0.29) is 6.40 Å². The molecule has 0 nitrogen and oxygen atoms in total. The Balaban J connectivity index is 2.18. The quantitative estimate of drug-likeness (QED) is 0.388.